The average molecular weight is 362 g/mol. The summed E-state index contributed by atoms with van der Waals surface area (Å²) in [6.07, 6.45) is 1.01. The Balaban J connectivity index is 2.11. The molecule has 2 aliphatic heterocycles. The van der Waals surface area contributed by atoms with E-state index in [9.17, 15) is 18.8 Å². The normalized spacial score (nSPS) is 30.6. The molecule has 1 aromatic carbocycles. The van der Waals surface area contributed by atoms with Gasteiger partial charge in [-0.05, 0) is 31.0 Å². The van der Waals surface area contributed by atoms with Crippen LogP contribution in [0.4, 0.5) is 4.39 Å². The molecule has 0 spiro atoms. The molecule has 6 nitrogen and oxygen atoms in total. The summed E-state index contributed by atoms with van der Waals surface area (Å²) in [5, 5.41) is 3.24. The molecule has 0 unspecified atom stereocenters. The van der Waals surface area contributed by atoms with E-state index in [-0.39, 0.29) is 24.2 Å². The number of esters is 1. The lowest BCUT2D eigenvalue weighted by atomic mass is 9.77. The van der Waals surface area contributed by atoms with Crippen LogP contribution in [0.25, 0.3) is 0 Å². The number of fused-ring (bicyclic) bond motifs is 1. The molecule has 2 aliphatic rings. The van der Waals surface area contributed by atoms with Crippen molar-refractivity contribution in [2.75, 3.05) is 13.7 Å². The van der Waals surface area contributed by atoms with Crippen LogP contribution < -0.4 is 5.32 Å². The Morgan fingerprint density at radius 3 is 2.46 bits per heavy atom. The first-order valence-electron chi connectivity index (χ1n) is 8.89. The van der Waals surface area contributed by atoms with Gasteiger partial charge in [0.15, 0.2) is 0 Å². The first kappa shape index (κ1) is 18.5. The van der Waals surface area contributed by atoms with Gasteiger partial charge in [-0.1, -0.05) is 25.5 Å². The molecule has 0 bridgehead atoms. The third-order valence-electron chi connectivity index (χ3n) is 5.39. The zero-order chi connectivity index (χ0) is 19.1. The van der Waals surface area contributed by atoms with Crippen molar-refractivity contribution < 1.29 is 23.5 Å². The second-order valence-corrected chi connectivity index (χ2v) is 6.85. The number of nitrogens with zero attached hydrogens (tertiary/aromatic N) is 1. The van der Waals surface area contributed by atoms with Crippen LogP contribution >= 0.6 is 0 Å². The molecule has 1 N–H and O–H groups in total. The molecule has 0 radical (unpaired) electrons. The van der Waals surface area contributed by atoms with E-state index >= 15 is 0 Å². The molecule has 2 fully saturated rings. The van der Waals surface area contributed by atoms with Gasteiger partial charge in [-0.25, -0.2) is 4.39 Å². The summed E-state index contributed by atoms with van der Waals surface area (Å²) < 4.78 is 18.6. The number of carbonyl (C=O) groups is 3. The molecule has 7 heteroatoms. The van der Waals surface area contributed by atoms with E-state index in [1.807, 2.05) is 6.92 Å². The van der Waals surface area contributed by atoms with E-state index < -0.39 is 29.4 Å². The van der Waals surface area contributed by atoms with Gasteiger partial charge in [0.25, 0.3) is 0 Å². The Hall–Kier alpha value is -2.28. The lowest BCUT2D eigenvalue weighted by Crippen LogP contribution is -2.56. The maximum atomic E-state index is 13.3. The number of ether oxygens (including phenoxy) is 1. The number of amides is 2. The molecule has 4 atom stereocenters. The SMILES string of the molecule is CCC[C@@]1(C(=O)OCC)N[C@@H](c2ccc(F)cc2)[C@H]2C(=O)N(C)C(=O)[C@H]21. The van der Waals surface area contributed by atoms with Gasteiger partial charge in [-0.3, -0.25) is 24.6 Å². The molecule has 140 valence electrons. The standard InChI is InChI=1S/C19H23FN2O4/c1-4-10-19(18(25)26-5-2)14-13(16(23)22(3)17(14)24)15(21-19)11-6-8-12(20)9-7-11/h6-9,13-15,21H,4-5,10H2,1-3H3/t13-,14-,15-,19+/m0/s1. The third kappa shape index (κ3) is 2.61. The number of nitrogens with one attached hydrogen (secondary N) is 1. The molecule has 26 heavy (non-hydrogen) atoms. The summed E-state index contributed by atoms with van der Waals surface area (Å²) in [7, 11) is 1.44. The molecule has 0 saturated carbocycles. The van der Waals surface area contributed by atoms with E-state index in [2.05, 4.69) is 5.32 Å². The van der Waals surface area contributed by atoms with Gasteiger partial charge >= 0.3 is 5.97 Å². The summed E-state index contributed by atoms with van der Waals surface area (Å²) in [4.78, 5) is 39.5. The zero-order valence-corrected chi connectivity index (χ0v) is 15.1. The van der Waals surface area contributed by atoms with Crippen molar-refractivity contribution in [3.8, 4) is 0 Å². The maximum Gasteiger partial charge on any atom is 0.327 e. The van der Waals surface area contributed by atoms with Crippen molar-refractivity contribution in [2.45, 2.75) is 38.3 Å². The van der Waals surface area contributed by atoms with E-state index in [4.69, 9.17) is 4.74 Å². The fraction of sp³-hybridized carbons (Fsp3) is 0.526. The Kier molecular flexibility index (Phi) is 4.84. The Bertz CT molecular complexity index is 736. The predicted molar refractivity (Wildman–Crippen MR) is 91.3 cm³/mol. The summed E-state index contributed by atoms with van der Waals surface area (Å²) in [6, 6.07) is 5.21. The summed E-state index contributed by atoms with van der Waals surface area (Å²) in [5.74, 6) is -3.15. The molecule has 2 amide bonds. The predicted octanol–water partition coefficient (Wildman–Crippen LogP) is 1.80. The molecule has 0 aromatic heterocycles. The highest BCUT2D eigenvalue weighted by Gasteiger charge is 2.67. The number of imide groups is 1. The van der Waals surface area contributed by atoms with E-state index in [1.165, 1.54) is 19.2 Å². The van der Waals surface area contributed by atoms with Crippen LogP contribution in [0.15, 0.2) is 24.3 Å². The number of benzene rings is 1. The largest absolute Gasteiger partial charge is 0.465 e. The van der Waals surface area contributed by atoms with Crippen LogP contribution in [-0.2, 0) is 19.1 Å². The molecular formula is C19H23FN2O4. The molecule has 3 rings (SSSR count). The second kappa shape index (κ2) is 6.79. The van der Waals surface area contributed by atoms with Gasteiger partial charge in [-0.15, -0.1) is 0 Å². The van der Waals surface area contributed by atoms with E-state index in [0.717, 1.165) is 4.90 Å². The van der Waals surface area contributed by atoms with Crippen LogP contribution in [0, 0.1) is 17.7 Å². The first-order chi connectivity index (χ1) is 12.4. The Morgan fingerprint density at radius 1 is 1.23 bits per heavy atom. The number of likely N-dealkylation sites (tertiary alicyclic amines) is 1. The van der Waals surface area contributed by atoms with Gasteiger partial charge < -0.3 is 4.74 Å². The summed E-state index contributed by atoms with van der Waals surface area (Å²) in [6.45, 7) is 3.80. The van der Waals surface area contributed by atoms with Crippen molar-refractivity contribution in [3.05, 3.63) is 35.6 Å². The monoisotopic (exact) mass is 362 g/mol. The van der Waals surface area contributed by atoms with Crippen molar-refractivity contribution in [1.29, 1.82) is 0 Å². The minimum Gasteiger partial charge on any atom is -0.465 e. The molecule has 1 aromatic rings. The van der Waals surface area contributed by atoms with Crippen LogP contribution in [0.5, 0.6) is 0 Å². The third-order valence-corrected chi connectivity index (χ3v) is 5.39. The highest BCUT2D eigenvalue weighted by Crippen LogP contribution is 2.50. The molecule has 2 saturated heterocycles. The number of rotatable bonds is 5. The van der Waals surface area contributed by atoms with Crippen LogP contribution in [-0.4, -0.2) is 41.9 Å². The number of hydrogen-bond acceptors (Lipinski definition) is 5. The van der Waals surface area contributed by atoms with Gasteiger partial charge in [-0.2, -0.15) is 0 Å². The van der Waals surface area contributed by atoms with Crippen LogP contribution in [0.2, 0.25) is 0 Å². The number of halogens is 1. The lowest BCUT2D eigenvalue weighted by Gasteiger charge is -2.32. The fourth-order valence-electron chi connectivity index (χ4n) is 4.28. The lowest BCUT2D eigenvalue weighted by molar-refractivity contribution is -0.156. The topological polar surface area (TPSA) is 75.7 Å². The summed E-state index contributed by atoms with van der Waals surface area (Å²) in [5.41, 5.74) is -0.591. The molecule has 0 aliphatic carbocycles. The Morgan fingerprint density at radius 2 is 1.88 bits per heavy atom. The summed E-state index contributed by atoms with van der Waals surface area (Å²) >= 11 is 0. The quantitative estimate of drug-likeness (QED) is 0.639. The van der Waals surface area contributed by atoms with Crippen molar-refractivity contribution in [3.63, 3.8) is 0 Å². The number of hydrogen-bond donors (Lipinski definition) is 1. The van der Waals surface area contributed by atoms with Crippen molar-refractivity contribution in [1.82, 2.24) is 10.2 Å². The minimum absolute atomic E-state index is 0.183. The van der Waals surface area contributed by atoms with E-state index in [0.29, 0.717) is 18.4 Å². The van der Waals surface area contributed by atoms with Crippen LogP contribution in [0.1, 0.15) is 38.3 Å². The van der Waals surface area contributed by atoms with Gasteiger partial charge in [0, 0.05) is 13.1 Å². The number of carbonyl (C=O) groups excluding carboxylic acids is 3. The molecule has 2 heterocycles. The smallest absolute Gasteiger partial charge is 0.327 e. The first-order valence-corrected chi connectivity index (χ1v) is 8.89. The van der Waals surface area contributed by atoms with Crippen molar-refractivity contribution >= 4 is 17.8 Å². The maximum absolute atomic E-state index is 13.3. The zero-order valence-electron chi connectivity index (χ0n) is 15.1. The van der Waals surface area contributed by atoms with E-state index in [1.54, 1.807) is 19.1 Å². The van der Waals surface area contributed by atoms with Gasteiger partial charge in [0.2, 0.25) is 11.8 Å². The van der Waals surface area contributed by atoms with Crippen molar-refractivity contribution in [2.24, 2.45) is 11.8 Å². The Labute approximate surface area is 151 Å². The second-order valence-electron chi connectivity index (χ2n) is 6.85. The van der Waals surface area contributed by atoms with Gasteiger partial charge in [0.1, 0.15) is 11.4 Å². The van der Waals surface area contributed by atoms with Gasteiger partial charge in [0.05, 0.1) is 18.4 Å². The average Bonchev–Trinajstić information content (AvgIpc) is 3.07. The minimum atomic E-state index is -1.26. The molecular weight excluding hydrogens is 339 g/mol. The highest BCUT2D eigenvalue weighted by molar-refractivity contribution is 6.09. The fourth-order valence-corrected chi connectivity index (χ4v) is 4.28. The highest BCUT2D eigenvalue weighted by atomic mass is 19.1. The van der Waals surface area contributed by atoms with Crippen LogP contribution in [0.3, 0.4) is 0 Å².